The van der Waals surface area contributed by atoms with E-state index in [1.807, 2.05) is 6.92 Å². The average molecular weight is 412 g/mol. The number of amides is 1. The number of allylic oxidation sites excluding steroid dienone is 1. The van der Waals surface area contributed by atoms with Gasteiger partial charge in [-0.25, -0.2) is 9.59 Å². The SMILES string of the molecule is C=CCOC(=O)C1=C(C)OC(N)=C(C(=O)OCCCC)[C@]12C(=O)Nc1ccccc12. The van der Waals surface area contributed by atoms with Gasteiger partial charge in [0.25, 0.3) is 0 Å². The number of benzene rings is 1. The average Bonchev–Trinajstić information content (AvgIpc) is 2.98. The number of anilines is 1. The summed E-state index contributed by atoms with van der Waals surface area (Å²) in [5.74, 6) is -2.47. The first-order valence-corrected chi connectivity index (χ1v) is 9.65. The van der Waals surface area contributed by atoms with Gasteiger partial charge < -0.3 is 25.3 Å². The molecular weight excluding hydrogens is 388 g/mol. The predicted octanol–water partition coefficient (Wildman–Crippen LogP) is 2.42. The fourth-order valence-corrected chi connectivity index (χ4v) is 3.73. The fourth-order valence-electron chi connectivity index (χ4n) is 3.73. The molecule has 1 atom stereocenters. The first kappa shape index (κ1) is 21.2. The molecular formula is C22H24N2O6. The van der Waals surface area contributed by atoms with E-state index < -0.39 is 23.3 Å². The van der Waals surface area contributed by atoms with E-state index in [0.717, 1.165) is 6.42 Å². The van der Waals surface area contributed by atoms with Crippen LogP contribution in [0.5, 0.6) is 0 Å². The van der Waals surface area contributed by atoms with Crippen LogP contribution in [-0.2, 0) is 34.0 Å². The maximum atomic E-state index is 13.4. The Morgan fingerprint density at radius 1 is 1.23 bits per heavy atom. The molecule has 0 unspecified atom stereocenters. The molecule has 0 bridgehead atoms. The maximum absolute atomic E-state index is 13.4. The van der Waals surface area contributed by atoms with Crippen molar-refractivity contribution < 1.29 is 28.6 Å². The zero-order valence-corrected chi connectivity index (χ0v) is 16.9. The van der Waals surface area contributed by atoms with Crippen LogP contribution >= 0.6 is 0 Å². The number of nitrogens with two attached hydrogens (primary N) is 1. The molecule has 158 valence electrons. The van der Waals surface area contributed by atoms with E-state index in [-0.39, 0.29) is 36.0 Å². The number of para-hydroxylation sites is 1. The van der Waals surface area contributed by atoms with Crippen molar-refractivity contribution in [1.82, 2.24) is 0 Å². The van der Waals surface area contributed by atoms with Gasteiger partial charge in [-0.15, -0.1) is 0 Å². The van der Waals surface area contributed by atoms with Gasteiger partial charge >= 0.3 is 11.9 Å². The summed E-state index contributed by atoms with van der Waals surface area (Å²) in [5.41, 5.74) is 4.74. The number of rotatable bonds is 7. The highest BCUT2D eigenvalue weighted by Crippen LogP contribution is 2.52. The molecule has 3 rings (SSSR count). The highest BCUT2D eigenvalue weighted by molar-refractivity contribution is 6.21. The van der Waals surface area contributed by atoms with E-state index in [2.05, 4.69) is 11.9 Å². The summed E-state index contributed by atoms with van der Waals surface area (Å²) in [6, 6.07) is 6.76. The van der Waals surface area contributed by atoms with Gasteiger partial charge in [0.2, 0.25) is 11.8 Å². The minimum atomic E-state index is -1.84. The van der Waals surface area contributed by atoms with Crippen molar-refractivity contribution in [3.05, 3.63) is 65.3 Å². The second-order valence-corrected chi connectivity index (χ2v) is 6.90. The lowest BCUT2D eigenvalue weighted by atomic mass is 9.67. The second kappa shape index (κ2) is 8.44. The Morgan fingerprint density at radius 3 is 2.63 bits per heavy atom. The summed E-state index contributed by atoms with van der Waals surface area (Å²) in [6.45, 7) is 7.03. The van der Waals surface area contributed by atoms with Crippen LogP contribution in [0.4, 0.5) is 5.69 Å². The molecule has 2 aliphatic heterocycles. The Balaban J connectivity index is 2.23. The third-order valence-corrected chi connectivity index (χ3v) is 5.00. The predicted molar refractivity (Wildman–Crippen MR) is 109 cm³/mol. The lowest BCUT2D eigenvalue weighted by Crippen LogP contribution is -2.48. The van der Waals surface area contributed by atoms with Crippen molar-refractivity contribution in [2.75, 3.05) is 18.5 Å². The van der Waals surface area contributed by atoms with Crippen molar-refractivity contribution >= 4 is 23.5 Å². The van der Waals surface area contributed by atoms with Crippen molar-refractivity contribution in [3.8, 4) is 0 Å². The summed E-state index contributed by atoms with van der Waals surface area (Å²) in [7, 11) is 0. The lowest BCUT2D eigenvalue weighted by Gasteiger charge is -2.35. The van der Waals surface area contributed by atoms with E-state index in [1.165, 1.54) is 13.0 Å². The van der Waals surface area contributed by atoms with E-state index in [1.54, 1.807) is 24.3 Å². The van der Waals surface area contributed by atoms with Gasteiger partial charge in [-0.3, -0.25) is 4.79 Å². The maximum Gasteiger partial charge on any atom is 0.341 e. The summed E-state index contributed by atoms with van der Waals surface area (Å²) in [4.78, 5) is 39.5. The number of carbonyl (C=O) groups excluding carboxylic acids is 3. The second-order valence-electron chi connectivity index (χ2n) is 6.90. The molecule has 1 aromatic carbocycles. The molecule has 0 fully saturated rings. The van der Waals surface area contributed by atoms with Crippen molar-refractivity contribution in [1.29, 1.82) is 0 Å². The van der Waals surface area contributed by atoms with Crippen LogP contribution in [0.25, 0.3) is 0 Å². The van der Waals surface area contributed by atoms with Crippen LogP contribution in [0, 0.1) is 0 Å². The van der Waals surface area contributed by atoms with Crippen molar-refractivity contribution in [2.45, 2.75) is 32.1 Å². The van der Waals surface area contributed by atoms with Gasteiger partial charge in [0.05, 0.1) is 6.61 Å². The Kier molecular flexibility index (Phi) is 5.96. The topological polar surface area (TPSA) is 117 Å². The molecule has 0 radical (unpaired) electrons. The van der Waals surface area contributed by atoms with Crippen molar-refractivity contribution in [3.63, 3.8) is 0 Å². The monoisotopic (exact) mass is 412 g/mol. The summed E-state index contributed by atoms with van der Waals surface area (Å²) >= 11 is 0. The van der Waals surface area contributed by atoms with E-state index in [0.29, 0.717) is 17.7 Å². The first-order chi connectivity index (χ1) is 14.4. The molecule has 1 aromatic rings. The Morgan fingerprint density at radius 2 is 1.93 bits per heavy atom. The Bertz CT molecular complexity index is 978. The van der Waals surface area contributed by atoms with Crippen LogP contribution in [0.3, 0.4) is 0 Å². The lowest BCUT2D eigenvalue weighted by molar-refractivity contribution is -0.143. The molecule has 30 heavy (non-hydrogen) atoms. The van der Waals surface area contributed by atoms with Crippen molar-refractivity contribution in [2.24, 2.45) is 5.73 Å². The third kappa shape index (κ3) is 3.24. The standard InChI is InChI=1S/C22H24N2O6/c1-4-6-12-29-20(26)17-18(23)30-13(3)16(19(25)28-11-5-2)22(17)14-9-7-8-10-15(14)24-21(22)27/h5,7-10H,2,4,6,11-12,23H2,1,3H3,(H,24,27)/t22-/m1/s1. The normalized spacial score (nSPS) is 19.9. The molecule has 2 heterocycles. The largest absolute Gasteiger partial charge is 0.462 e. The molecule has 0 aliphatic carbocycles. The highest BCUT2D eigenvalue weighted by Gasteiger charge is 2.61. The molecule has 2 aliphatic rings. The summed E-state index contributed by atoms with van der Waals surface area (Å²) in [6.07, 6.45) is 2.85. The van der Waals surface area contributed by atoms with Crippen LogP contribution in [0.2, 0.25) is 0 Å². The van der Waals surface area contributed by atoms with Crippen LogP contribution in [0.15, 0.2) is 59.7 Å². The quantitative estimate of drug-likeness (QED) is 0.401. The van der Waals surface area contributed by atoms with Gasteiger partial charge in [-0.1, -0.05) is 44.2 Å². The first-order valence-electron chi connectivity index (χ1n) is 9.65. The molecule has 0 saturated heterocycles. The summed E-state index contributed by atoms with van der Waals surface area (Å²) in [5, 5.41) is 2.74. The number of ether oxygens (including phenoxy) is 3. The van der Waals surface area contributed by atoms with Crippen LogP contribution in [0.1, 0.15) is 32.3 Å². The van der Waals surface area contributed by atoms with E-state index in [4.69, 9.17) is 19.9 Å². The number of carbonyl (C=O) groups is 3. The van der Waals surface area contributed by atoms with Gasteiger partial charge in [0, 0.05) is 11.3 Å². The molecule has 1 amide bonds. The molecule has 3 N–H and O–H groups in total. The number of nitrogens with one attached hydrogen (secondary N) is 1. The summed E-state index contributed by atoms with van der Waals surface area (Å²) < 4.78 is 16.1. The molecule has 0 aromatic heterocycles. The van der Waals surface area contributed by atoms with Gasteiger partial charge in [-0.05, 0) is 19.4 Å². The molecule has 1 spiro atoms. The minimum Gasteiger partial charge on any atom is -0.462 e. The Labute approximate surface area is 174 Å². The smallest absolute Gasteiger partial charge is 0.341 e. The zero-order chi connectivity index (χ0) is 21.9. The van der Waals surface area contributed by atoms with Gasteiger partial charge in [-0.2, -0.15) is 0 Å². The number of esters is 2. The van der Waals surface area contributed by atoms with E-state index in [9.17, 15) is 14.4 Å². The molecule has 8 nitrogen and oxygen atoms in total. The number of hydrogen-bond donors (Lipinski definition) is 2. The van der Waals surface area contributed by atoms with Crippen LogP contribution in [-0.4, -0.2) is 31.1 Å². The fraction of sp³-hybridized carbons (Fsp3) is 0.318. The van der Waals surface area contributed by atoms with E-state index >= 15 is 0 Å². The number of hydrogen-bond acceptors (Lipinski definition) is 7. The third-order valence-electron chi connectivity index (χ3n) is 5.00. The highest BCUT2D eigenvalue weighted by atomic mass is 16.5. The van der Waals surface area contributed by atoms with Gasteiger partial charge in [0.1, 0.15) is 28.9 Å². The zero-order valence-electron chi connectivity index (χ0n) is 16.9. The minimum absolute atomic E-state index is 0.0681. The Hall–Kier alpha value is -3.55. The van der Waals surface area contributed by atoms with Crippen LogP contribution < -0.4 is 11.1 Å². The van der Waals surface area contributed by atoms with Gasteiger partial charge in [0.15, 0.2) is 0 Å². The number of unbranched alkanes of at least 4 members (excludes halogenated alkanes) is 1. The molecule has 0 saturated carbocycles. The molecule has 8 heteroatoms. The number of fused-ring (bicyclic) bond motifs is 2.